The number of esters is 1. The molecule has 2 aromatic heterocycles. The van der Waals surface area contributed by atoms with Crippen LogP contribution in [0.15, 0.2) is 18.5 Å². The minimum atomic E-state index is -2.69. The number of rotatable bonds is 5. The molecule has 2 rings (SSSR count). The van der Waals surface area contributed by atoms with Crippen LogP contribution in [0.1, 0.15) is 36.3 Å². The average Bonchev–Trinajstić information content (AvgIpc) is 2.84. The number of aromatic nitrogens is 3. The summed E-state index contributed by atoms with van der Waals surface area (Å²) < 4.78 is 32.6. The van der Waals surface area contributed by atoms with Crippen molar-refractivity contribution in [1.29, 1.82) is 0 Å². The maximum atomic E-state index is 13.2. The van der Waals surface area contributed by atoms with Crippen LogP contribution in [0.2, 0.25) is 5.02 Å². The third-order valence-electron chi connectivity index (χ3n) is 3.01. The molecule has 118 valence electrons. The zero-order valence-electron chi connectivity index (χ0n) is 12.0. The molecular formula is C14H14ClF2N3O2. The topological polar surface area (TPSA) is 57.0 Å². The zero-order chi connectivity index (χ0) is 16.3. The van der Waals surface area contributed by atoms with E-state index in [9.17, 15) is 13.6 Å². The molecule has 0 aliphatic carbocycles. The number of pyridine rings is 1. The van der Waals surface area contributed by atoms with Crippen molar-refractivity contribution in [1.82, 2.24) is 14.8 Å². The highest BCUT2D eigenvalue weighted by Gasteiger charge is 2.26. The van der Waals surface area contributed by atoms with E-state index in [-0.39, 0.29) is 34.1 Å². The van der Waals surface area contributed by atoms with Crippen molar-refractivity contribution in [2.24, 2.45) is 0 Å². The van der Waals surface area contributed by atoms with E-state index in [1.165, 1.54) is 23.1 Å². The first kappa shape index (κ1) is 16.4. The van der Waals surface area contributed by atoms with Crippen molar-refractivity contribution in [2.75, 3.05) is 6.61 Å². The van der Waals surface area contributed by atoms with Crippen LogP contribution in [0.5, 0.6) is 0 Å². The molecule has 2 heterocycles. The Bertz CT molecular complexity index is 689. The predicted octanol–water partition coefficient (Wildman–Crippen LogP) is 3.73. The summed E-state index contributed by atoms with van der Waals surface area (Å²) in [7, 11) is 0. The maximum Gasteiger partial charge on any atom is 0.360 e. The molecule has 0 spiro atoms. The number of carbonyl (C=O) groups is 1. The summed E-state index contributed by atoms with van der Waals surface area (Å²) in [5.41, 5.74) is 0.0642. The Balaban J connectivity index is 2.63. The van der Waals surface area contributed by atoms with Crippen LogP contribution in [0.25, 0.3) is 11.3 Å². The van der Waals surface area contributed by atoms with Gasteiger partial charge in [-0.2, -0.15) is 5.10 Å². The Morgan fingerprint density at radius 2 is 2.18 bits per heavy atom. The number of aryl methyl sites for hydroxylation is 1. The molecule has 0 aromatic carbocycles. The molecule has 0 atom stereocenters. The summed E-state index contributed by atoms with van der Waals surface area (Å²) in [6, 6.07) is 1.22. The van der Waals surface area contributed by atoms with E-state index in [2.05, 4.69) is 10.1 Å². The fourth-order valence-corrected chi connectivity index (χ4v) is 2.36. The first-order valence-corrected chi connectivity index (χ1v) is 7.04. The van der Waals surface area contributed by atoms with Gasteiger partial charge in [0.25, 0.3) is 6.43 Å². The Hall–Kier alpha value is -2.02. The zero-order valence-corrected chi connectivity index (χ0v) is 12.8. The van der Waals surface area contributed by atoms with Gasteiger partial charge in [-0.15, -0.1) is 0 Å². The lowest BCUT2D eigenvalue weighted by Crippen LogP contribution is -2.07. The van der Waals surface area contributed by atoms with E-state index in [4.69, 9.17) is 16.3 Å². The third-order valence-corrected chi connectivity index (χ3v) is 3.37. The van der Waals surface area contributed by atoms with Crippen molar-refractivity contribution in [3.05, 3.63) is 34.7 Å². The second-order valence-corrected chi connectivity index (χ2v) is 4.69. The van der Waals surface area contributed by atoms with Gasteiger partial charge in [-0.05, 0) is 19.9 Å². The first-order chi connectivity index (χ1) is 10.5. The number of ether oxygens (including phenoxy) is 1. The van der Waals surface area contributed by atoms with Crippen molar-refractivity contribution in [2.45, 2.75) is 26.8 Å². The molecule has 22 heavy (non-hydrogen) atoms. The molecule has 2 aromatic rings. The van der Waals surface area contributed by atoms with Crippen LogP contribution in [0.4, 0.5) is 8.78 Å². The van der Waals surface area contributed by atoms with E-state index >= 15 is 0 Å². The lowest BCUT2D eigenvalue weighted by Gasteiger charge is -2.10. The molecule has 5 nitrogen and oxygen atoms in total. The molecule has 0 amide bonds. The van der Waals surface area contributed by atoms with Gasteiger partial charge in [0.15, 0.2) is 5.69 Å². The Morgan fingerprint density at radius 3 is 2.77 bits per heavy atom. The molecular weight excluding hydrogens is 316 g/mol. The second kappa shape index (κ2) is 6.83. The summed E-state index contributed by atoms with van der Waals surface area (Å²) in [5, 5.41) is 4.04. The highest BCUT2D eigenvalue weighted by Crippen LogP contribution is 2.36. The molecule has 0 saturated heterocycles. The molecule has 0 aliphatic rings. The molecule has 0 fully saturated rings. The van der Waals surface area contributed by atoms with Crippen molar-refractivity contribution >= 4 is 17.6 Å². The number of hydrogen-bond donors (Lipinski definition) is 0. The summed E-state index contributed by atoms with van der Waals surface area (Å²) >= 11 is 6.19. The number of carbonyl (C=O) groups excluding carboxylic acids is 1. The fraction of sp³-hybridized carbons (Fsp3) is 0.357. The SMILES string of the molecule is CCOC(=O)c1nn(CC)c(-c2cnccc2C(F)F)c1Cl. The molecule has 0 radical (unpaired) electrons. The molecule has 0 saturated carbocycles. The van der Waals surface area contributed by atoms with E-state index in [0.717, 1.165) is 0 Å². The van der Waals surface area contributed by atoms with Crippen molar-refractivity contribution < 1.29 is 18.3 Å². The summed E-state index contributed by atoms with van der Waals surface area (Å²) in [6.07, 6.45) is -0.135. The average molecular weight is 330 g/mol. The van der Waals surface area contributed by atoms with Gasteiger partial charge in [0.1, 0.15) is 5.02 Å². The highest BCUT2D eigenvalue weighted by molar-refractivity contribution is 6.35. The van der Waals surface area contributed by atoms with E-state index in [0.29, 0.717) is 6.54 Å². The molecule has 8 heteroatoms. The van der Waals surface area contributed by atoms with Gasteiger partial charge < -0.3 is 4.74 Å². The minimum Gasteiger partial charge on any atom is -0.461 e. The molecule has 0 N–H and O–H groups in total. The van der Waals surface area contributed by atoms with Gasteiger partial charge in [0.2, 0.25) is 0 Å². The summed E-state index contributed by atoms with van der Waals surface area (Å²) in [6.45, 7) is 3.93. The number of hydrogen-bond acceptors (Lipinski definition) is 4. The molecule has 0 bridgehead atoms. The van der Waals surface area contributed by atoms with Crippen LogP contribution in [-0.2, 0) is 11.3 Å². The predicted molar refractivity (Wildman–Crippen MR) is 77.1 cm³/mol. The number of nitrogens with zero attached hydrogens (tertiary/aromatic N) is 3. The summed E-state index contributed by atoms with van der Waals surface area (Å²) in [4.78, 5) is 15.7. The van der Waals surface area contributed by atoms with Crippen LogP contribution >= 0.6 is 11.6 Å². The normalized spacial score (nSPS) is 11.0. The van der Waals surface area contributed by atoms with Gasteiger partial charge in [0, 0.05) is 30.1 Å². The quantitative estimate of drug-likeness (QED) is 0.784. The van der Waals surface area contributed by atoms with Gasteiger partial charge >= 0.3 is 5.97 Å². The summed E-state index contributed by atoms with van der Waals surface area (Å²) in [5.74, 6) is -0.691. The van der Waals surface area contributed by atoms with E-state index < -0.39 is 12.4 Å². The van der Waals surface area contributed by atoms with Crippen LogP contribution in [0, 0.1) is 0 Å². The van der Waals surface area contributed by atoms with Gasteiger partial charge in [0.05, 0.1) is 12.3 Å². The largest absolute Gasteiger partial charge is 0.461 e. The first-order valence-electron chi connectivity index (χ1n) is 6.67. The lowest BCUT2D eigenvalue weighted by atomic mass is 10.1. The maximum absolute atomic E-state index is 13.2. The van der Waals surface area contributed by atoms with Crippen molar-refractivity contribution in [3.8, 4) is 11.3 Å². The Morgan fingerprint density at radius 1 is 1.45 bits per heavy atom. The Labute approximate surface area is 130 Å². The third kappa shape index (κ3) is 2.94. The number of alkyl halides is 2. The number of halogens is 3. The van der Waals surface area contributed by atoms with Gasteiger partial charge in [-0.1, -0.05) is 11.6 Å². The highest BCUT2D eigenvalue weighted by atomic mass is 35.5. The molecule has 0 unspecified atom stereocenters. The lowest BCUT2D eigenvalue weighted by molar-refractivity contribution is 0.0518. The van der Waals surface area contributed by atoms with Gasteiger partial charge in [-0.25, -0.2) is 13.6 Å². The standard InChI is InChI=1S/C14H14ClF2N3O2/c1-3-20-12(9-7-18-6-5-8(9)13(16)17)10(15)11(19-20)14(21)22-4-2/h5-7,13H,3-4H2,1-2H3. The Kier molecular flexibility index (Phi) is 5.07. The minimum absolute atomic E-state index is 0.0183. The van der Waals surface area contributed by atoms with E-state index in [1.54, 1.807) is 13.8 Å². The molecule has 0 aliphatic heterocycles. The second-order valence-electron chi connectivity index (χ2n) is 4.31. The smallest absolute Gasteiger partial charge is 0.360 e. The van der Waals surface area contributed by atoms with Crippen LogP contribution < -0.4 is 0 Å². The fourth-order valence-electron chi connectivity index (χ4n) is 2.05. The monoisotopic (exact) mass is 329 g/mol. The van der Waals surface area contributed by atoms with Crippen LogP contribution in [-0.4, -0.2) is 27.3 Å². The van der Waals surface area contributed by atoms with Gasteiger partial charge in [-0.3, -0.25) is 9.67 Å². The van der Waals surface area contributed by atoms with E-state index in [1.807, 2.05) is 0 Å². The van der Waals surface area contributed by atoms with Crippen molar-refractivity contribution in [3.63, 3.8) is 0 Å². The van der Waals surface area contributed by atoms with Crippen LogP contribution in [0.3, 0.4) is 0 Å².